The van der Waals surface area contributed by atoms with Crippen molar-refractivity contribution in [3.63, 3.8) is 0 Å². The first-order valence-corrected chi connectivity index (χ1v) is 9.81. The van der Waals surface area contributed by atoms with Gasteiger partial charge in [0.2, 0.25) is 5.91 Å². The summed E-state index contributed by atoms with van der Waals surface area (Å²) >= 11 is 1.33. The lowest BCUT2D eigenvalue weighted by Crippen LogP contribution is -2.38. The number of thioether (sulfide) groups is 1. The number of alkyl halides is 3. The number of likely N-dealkylation sites (N-methyl/N-ethyl adjacent to an activating group) is 1. The molecule has 2 amide bonds. The van der Waals surface area contributed by atoms with E-state index in [2.05, 4.69) is 0 Å². The lowest BCUT2D eigenvalue weighted by molar-refractivity contribution is -0.137. The van der Waals surface area contributed by atoms with Gasteiger partial charge in [-0.3, -0.25) is 9.59 Å². The van der Waals surface area contributed by atoms with Crippen LogP contribution in [0.3, 0.4) is 0 Å². The van der Waals surface area contributed by atoms with Gasteiger partial charge in [-0.25, -0.2) is 4.39 Å². The number of rotatable bonds is 5. The molecular weight excluding hydrogens is 408 g/mol. The second-order valence-corrected chi connectivity index (χ2v) is 7.68. The number of hydrogen-bond donors (Lipinski definition) is 0. The quantitative estimate of drug-likeness (QED) is 0.674. The number of halogens is 4. The van der Waals surface area contributed by atoms with Crippen LogP contribution in [0.25, 0.3) is 0 Å². The van der Waals surface area contributed by atoms with Crippen LogP contribution in [0.15, 0.2) is 48.5 Å². The molecule has 154 valence electrons. The highest BCUT2D eigenvalue weighted by Gasteiger charge is 2.34. The van der Waals surface area contributed by atoms with E-state index in [0.717, 1.165) is 18.2 Å². The number of carbonyl (C=O) groups excluding carboxylic acids is 2. The Morgan fingerprint density at radius 3 is 2.52 bits per heavy atom. The standard InChI is InChI=1S/C20H18F4N2O2S/c1-25(18(28)14-3-2-4-16(21)11-14)9-10-26-17(27)12-29-19(26)13-5-7-15(8-6-13)20(22,23)24/h2-8,11,19H,9-10,12H2,1H3. The Balaban J connectivity index is 1.67. The van der Waals surface area contributed by atoms with Crippen molar-refractivity contribution in [2.24, 2.45) is 0 Å². The van der Waals surface area contributed by atoms with E-state index < -0.39 is 22.9 Å². The fourth-order valence-electron chi connectivity index (χ4n) is 3.01. The molecule has 0 radical (unpaired) electrons. The third-order valence-electron chi connectivity index (χ3n) is 4.59. The van der Waals surface area contributed by atoms with Crippen LogP contribution in [-0.2, 0) is 11.0 Å². The summed E-state index contributed by atoms with van der Waals surface area (Å²) in [6.45, 7) is 0.424. The van der Waals surface area contributed by atoms with Crippen LogP contribution in [-0.4, -0.2) is 47.5 Å². The highest BCUT2D eigenvalue weighted by atomic mass is 32.2. The van der Waals surface area contributed by atoms with E-state index in [1.165, 1.54) is 47.0 Å². The van der Waals surface area contributed by atoms with E-state index in [1.54, 1.807) is 11.9 Å². The lowest BCUT2D eigenvalue weighted by Gasteiger charge is -2.27. The summed E-state index contributed by atoms with van der Waals surface area (Å²) in [7, 11) is 1.55. The minimum Gasteiger partial charge on any atom is -0.340 e. The van der Waals surface area contributed by atoms with Gasteiger partial charge in [-0.05, 0) is 35.9 Å². The maximum Gasteiger partial charge on any atom is 0.416 e. The molecule has 4 nitrogen and oxygen atoms in total. The molecule has 3 rings (SSSR count). The van der Waals surface area contributed by atoms with E-state index >= 15 is 0 Å². The molecule has 2 aromatic carbocycles. The topological polar surface area (TPSA) is 40.6 Å². The third-order valence-corrected chi connectivity index (χ3v) is 5.84. The Labute approximate surface area is 169 Å². The predicted molar refractivity (Wildman–Crippen MR) is 102 cm³/mol. The van der Waals surface area contributed by atoms with Gasteiger partial charge in [0, 0.05) is 25.7 Å². The highest BCUT2D eigenvalue weighted by Crippen LogP contribution is 2.39. The molecule has 1 fully saturated rings. The second-order valence-electron chi connectivity index (χ2n) is 6.61. The van der Waals surface area contributed by atoms with Gasteiger partial charge < -0.3 is 9.80 Å². The average molecular weight is 426 g/mol. The molecule has 1 aliphatic rings. The van der Waals surface area contributed by atoms with Crippen molar-refractivity contribution in [1.82, 2.24) is 9.80 Å². The first kappa shape index (κ1) is 21.2. The molecular formula is C20H18F4N2O2S. The molecule has 0 saturated carbocycles. The molecule has 0 aliphatic carbocycles. The van der Waals surface area contributed by atoms with Crippen LogP contribution in [0.1, 0.15) is 26.9 Å². The number of amides is 2. The summed E-state index contributed by atoms with van der Waals surface area (Å²) in [5.74, 6) is -0.827. The molecule has 0 bridgehead atoms. The summed E-state index contributed by atoms with van der Waals surface area (Å²) < 4.78 is 51.6. The molecule has 2 aromatic rings. The van der Waals surface area contributed by atoms with E-state index in [9.17, 15) is 27.2 Å². The molecule has 1 saturated heterocycles. The number of carbonyl (C=O) groups is 2. The first-order chi connectivity index (χ1) is 13.7. The molecule has 1 atom stereocenters. The third kappa shape index (κ3) is 4.90. The molecule has 1 aliphatic heterocycles. The fourth-order valence-corrected chi connectivity index (χ4v) is 4.23. The smallest absolute Gasteiger partial charge is 0.340 e. The maximum absolute atomic E-state index is 13.3. The van der Waals surface area contributed by atoms with Gasteiger partial charge in [-0.15, -0.1) is 11.8 Å². The van der Waals surface area contributed by atoms with Crippen molar-refractivity contribution in [1.29, 1.82) is 0 Å². The maximum atomic E-state index is 13.3. The SMILES string of the molecule is CN(CCN1C(=O)CSC1c1ccc(C(F)(F)F)cc1)C(=O)c1cccc(F)c1. The Bertz CT molecular complexity index is 902. The largest absolute Gasteiger partial charge is 0.416 e. The van der Waals surface area contributed by atoms with E-state index in [0.29, 0.717) is 5.56 Å². The summed E-state index contributed by atoms with van der Waals surface area (Å²) in [5.41, 5.74) is 0.0458. The van der Waals surface area contributed by atoms with Gasteiger partial charge >= 0.3 is 6.18 Å². The van der Waals surface area contributed by atoms with Crippen molar-refractivity contribution >= 4 is 23.6 Å². The van der Waals surface area contributed by atoms with Gasteiger partial charge in [-0.2, -0.15) is 13.2 Å². The Morgan fingerprint density at radius 1 is 1.21 bits per heavy atom. The van der Waals surface area contributed by atoms with Crippen LogP contribution in [0, 0.1) is 5.82 Å². The average Bonchev–Trinajstić information content (AvgIpc) is 3.05. The molecule has 9 heteroatoms. The minimum absolute atomic E-state index is 0.147. The van der Waals surface area contributed by atoms with Crippen LogP contribution < -0.4 is 0 Å². The predicted octanol–water partition coefficient (Wildman–Crippen LogP) is 4.19. The van der Waals surface area contributed by atoms with E-state index in [-0.39, 0.29) is 36.2 Å². The number of nitrogens with zero attached hydrogens (tertiary/aromatic N) is 2. The van der Waals surface area contributed by atoms with Gasteiger partial charge in [0.05, 0.1) is 11.3 Å². The number of hydrogen-bond acceptors (Lipinski definition) is 3. The summed E-state index contributed by atoms with van der Waals surface area (Å²) in [6.07, 6.45) is -4.42. The normalized spacial score (nSPS) is 16.9. The second kappa shape index (κ2) is 8.44. The molecule has 1 unspecified atom stereocenters. The first-order valence-electron chi connectivity index (χ1n) is 8.76. The van der Waals surface area contributed by atoms with Crippen molar-refractivity contribution in [3.05, 3.63) is 71.0 Å². The minimum atomic E-state index is -4.42. The molecule has 0 aromatic heterocycles. The monoisotopic (exact) mass is 426 g/mol. The zero-order valence-electron chi connectivity index (χ0n) is 15.4. The van der Waals surface area contributed by atoms with Crippen LogP contribution in [0.5, 0.6) is 0 Å². The van der Waals surface area contributed by atoms with Crippen molar-refractivity contribution in [3.8, 4) is 0 Å². The Hall–Kier alpha value is -2.55. The van der Waals surface area contributed by atoms with Crippen LogP contribution in [0.2, 0.25) is 0 Å². The van der Waals surface area contributed by atoms with Gasteiger partial charge in [0.1, 0.15) is 11.2 Å². The summed E-state index contributed by atoms with van der Waals surface area (Å²) in [5, 5.41) is -0.414. The summed E-state index contributed by atoms with van der Waals surface area (Å²) in [6, 6.07) is 10.1. The zero-order valence-corrected chi connectivity index (χ0v) is 16.3. The van der Waals surface area contributed by atoms with E-state index in [4.69, 9.17) is 0 Å². The van der Waals surface area contributed by atoms with Crippen LogP contribution in [0.4, 0.5) is 17.6 Å². The molecule has 0 spiro atoms. The van der Waals surface area contributed by atoms with Gasteiger partial charge in [0.25, 0.3) is 5.91 Å². The van der Waals surface area contributed by atoms with Crippen molar-refractivity contribution < 1.29 is 27.2 Å². The molecule has 0 N–H and O–H groups in total. The lowest BCUT2D eigenvalue weighted by atomic mass is 10.1. The van der Waals surface area contributed by atoms with Gasteiger partial charge in [0.15, 0.2) is 0 Å². The number of benzene rings is 2. The van der Waals surface area contributed by atoms with E-state index in [1.807, 2.05) is 0 Å². The molecule has 29 heavy (non-hydrogen) atoms. The Morgan fingerprint density at radius 2 is 1.90 bits per heavy atom. The van der Waals surface area contributed by atoms with Gasteiger partial charge in [-0.1, -0.05) is 18.2 Å². The fraction of sp³-hybridized carbons (Fsp3) is 0.300. The highest BCUT2D eigenvalue weighted by molar-refractivity contribution is 8.00. The van der Waals surface area contributed by atoms with Crippen molar-refractivity contribution in [2.75, 3.05) is 25.9 Å². The Kier molecular flexibility index (Phi) is 6.16. The zero-order chi connectivity index (χ0) is 21.2. The van der Waals surface area contributed by atoms with Crippen molar-refractivity contribution in [2.45, 2.75) is 11.6 Å². The van der Waals surface area contributed by atoms with Crippen LogP contribution >= 0.6 is 11.8 Å². The molecule has 1 heterocycles. The summed E-state index contributed by atoms with van der Waals surface area (Å²) in [4.78, 5) is 27.6.